The highest BCUT2D eigenvalue weighted by Gasteiger charge is 2.35. The highest BCUT2D eigenvalue weighted by atomic mass is 16.2. The van der Waals surface area contributed by atoms with Crippen LogP contribution in [0.3, 0.4) is 0 Å². The first-order valence-corrected chi connectivity index (χ1v) is 6.22. The molecule has 1 aromatic rings. The zero-order valence-corrected chi connectivity index (χ0v) is 10.7. The summed E-state index contributed by atoms with van der Waals surface area (Å²) >= 11 is 0. The first kappa shape index (κ1) is 12.0. The van der Waals surface area contributed by atoms with Gasteiger partial charge >= 0.3 is 0 Å². The van der Waals surface area contributed by atoms with Crippen LogP contribution in [-0.2, 0) is 4.79 Å². The SMILES string of the molecule is CC(C)CCN1C(=O)C(C)c2cccc(N)c21. The molecular weight excluding hydrogens is 212 g/mol. The molecule has 1 aromatic carbocycles. The molecule has 2 rings (SSSR count). The van der Waals surface area contributed by atoms with Crippen molar-refractivity contribution in [3.05, 3.63) is 23.8 Å². The molecule has 1 aliphatic heterocycles. The minimum absolute atomic E-state index is 0.0549. The van der Waals surface area contributed by atoms with Gasteiger partial charge in [-0.3, -0.25) is 4.79 Å². The number of para-hydroxylation sites is 1. The lowest BCUT2D eigenvalue weighted by molar-refractivity contribution is -0.119. The molecule has 0 saturated carbocycles. The van der Waals surface area contributed by atoms with E-state index in [1.54, 1.807) is 0 Å². The maximum atomic E-state index is 12.2. The normalized spacial score (nSPS) is 18.9. The molecule has 0 aromatic heterocycles. The van der Waals surface area contributed by atoms with Gasteiger partial charge in [-0.1, -0.05) is 26.0 Å². The van der Waals surface area contributed by atoms with Gasteiger partial charge in [0, 0.05) is 6.54 Å². The third-order valence-electron chi connectivity index (χ3n) is 3.40. The molecule has 2 N–H and O–H groups in total. The van der Waals surface area contributed by atoms with Gasteiger partial charge in [-0.15, -0.1) is 0 Å². The van der Waals surface area contributed by atoms with Gasteiger partial charge in [0.1, 0.15) is 0 Å². The van der Waals surface area contributed by atoms with Crippen LogP contribution in [-0.4, -0.2) is 12.5 Å². The van der Waals surface area contributed by atoms with E-state index < -0.39 is 0 Å². The van der Waals surface area contributed by atoms with Crippen LogP contribution in [0.15, 0.2) is 18.2 Å². The van der Waals surface area contributed by atoms with Crippen molar-refractivity contribution in [3.8, 4) is 0 Å². The Labute approximate surface area is 103 Å². The molecule has 3 heteroatoms. The molecule has 0 spiro atoms. The molecule has 0 aliphatic carbocycles. The van der Waals surface area contributed by atoms with Crippen LogP contribution in [0.5, 0.6) is 0 Å². The summed E-state index contributed by atoms with van der Waals surface area (Å²) in [5.41, 5.74) is 8.72. The van der Waals surface area contributed by atoms with Crippen LogP contribution in [0, 0.1) is 5.92 Å². The molecule has 1 amide bonds. The summed E-state index contributed by atoms with van der Waals surface area (Å²) in [4.78, 5) is 14.1. The Morgan fingerprint density at radius 2 is 2.12 bits per heavy atom. The quantitative estimate of drug-likeness (QED) is 0.814. The van der Waals surface area contributed by atoms with Crippen molar-refractivity contribution in [2.45, 2.75) is 33.1 Å². The van der Waals surface area contributed by atoms with E-state index in [0.29, 0.717) is 11.6 Å². The average Bonchev–Trinajstić information content (AvgIpc) is 2.52. The lowest BCUT2D eigenvalue weighted by atomic mass is 10.0. The van der Waals surface area contributed by atoms with Gasteiger partial charge in [0.25, 0.3) is 0 Å². The van der Waals surface area contributed by atoms with Gasteiger partial charge < -0.3 is 10.6 Å². The molecule has 1 unspecified atom stereocenters. The summed E-state index contributed by atoms with van der Waals surface area (Å²) in [6, 6.07) is 5.79. The molecule has 1 heterocycles. The summed E-state index contributed by atoms with van der Waals surface area (Å²) in [6.45, 7) is 7.05. The topological polar surface area (TPSA) is 46.3 Å². The summed E-state index contributed by atoms with van der Waals surface area (Å²) in [5.74, 6) is 0.714. The second kappa shape index (κ2) is 4.40. The predicted molar refractivity (Wildman–Crippen MR) is 71.1 cm³/mol. The lowest BCUT2D eigenvalue weighted by Gasteiger charge is -2.20. The maximum absolute atomic E-state index is 12.2. The van der Waals surface area contributed by atoms with E-state index in [-0.39, 0.29) is 11.8 Å². The monoisotopic (exact) mass is 232 g/mol. The number of carbonyl (C=O) groups excluding carboxylic acids is 1. The van der Waals surface area contributed by atoms with Crippen molar-refractivity contribution < 1.29 is 4.79 Å². The standard InChI is InChI=1S/C14H20N2O/c1-9(2)7-8-16-13-11(10(3)14(16)17)5-4-6-12(13)15/h4-6,9-10H,7-8,15H2,1-3H3. The van der Waals surface area contributed by atoms with Crippen molar-refractivity contribution in [3.63, 3.8) is 0 Å². The van der Waals surface area contributed by atoms with Crippen LogP contribution >= 0.6 is 0 Å². The molecule has 17 heavy (non-hydrogen) atoms. The summed E-state index contributed by atoms with van der Waals surface area (Å²) < 4.78 is 0. The summed E-state index contributed by atoms with van der Waals surface area (Å²) in [7, 11) is 0. The molecule has 0 saturated heterocycles. The van der Waals surface area contributed by atoms with Crippen molar-refractivity contribution >= 4 is 17.3 Å². The Kier molecular flexibility index (Phi) is 3.09. The number of nitrogen functional groups attached to an aromatic ring is 1. The number of hydrogen-bond donors (Lipinski definition) is 1. The van der Waals surface area contributed by atoms with Crippen molar-refractivity contribution in [2.24, 2.45) is 5.92 Å². The molecule has 0 bridgehead atoms. The number of hydrogen-bond acceptors (Lipinski definition) is 2. The van der Waals surface area contributed by atoms with E-state index in [2.05, 4.69) is 13.8 Å². The van der Waals surface area contributed by atoms with Gasteiger partial charge in [-0.25, -0.2) is 0 Å². The Hall–Kier alpha value is -1.51. The average molecular weight is 232 g/mol. The number of fused-ring (bicyclic) bond motifs is 1. The van der Waals surface area contributed by atoms with Gasteiger partial charge in [0.15, 0.2) is 0 Å². The fraction of sp³-hybridized carbons (Fsp3) is 0.500. The van der Waals surface area contributed by atoms with E-state index in [4.69, 9.17) is 5.73 Å². The lowest BCUT2D eigenvalue weighted by Crippen LogP contribution is -2.30. The van der Waals surface area contributed by atoms with E-state index in [0.717, 1.165) is 24.2 Å². The fourth-order valence-electron chi connectivity index (χ4n) is 2.33. The molecular formula is C14H20N2O. The first-order chi connectivity index (χ1) is 8.02. The molecule has 1 aliphatic rings. The number of amides is 1. The van der Waals surface area contributed by atoms with Crippen LogP contribution in [0.25, 0.3) is 0 Å². The number of nitrogens with zero attached hydrogens (tertiary/aromatic N) is 1. The van der Waals surface area contributed by atoms with Crippen LogP contribution in [0.4, 0.5) is 11.4 Å². The minimum Gasteiger partial charge on any atom is -0.397 e. The highest BCUT2D eigenvalue weighted by molar-refractivity contribution is 6.07. The zero-order chi connectivity index (χ0) is 12.6. The van der Waals surface area contributed by atoms with Crippen LogP contribution < -0.4 is 10.6 Å². The Bertz CT molecular complexity index is 440. The fourth-order valence-corrected chi connectivity index (χ4v) is 2.33. The van der Waals surface area contributed by atoms with Gasteiger partial charge in [0.2, 0.25) is 5.91 Å². The van der Waals surface area contributed by atoms with E-state index in [1.807, 2.05) is 30.0 Å². The summed E-state index contributed by atoms with van der Waals surface area (Å²) in [6.07, 6.45) is 1.01. The Morgan fingerprint density at radius 3 is 2.76 bits per heavy atom. The first-order valence-electron chi connectivity index (χ1n) is 6.22. The summed E-state index contributed by atoms with van der Waals surface area (Å²) in [5, 5.41) is 0. The second-order valence-corrected chi connectivity index (χ2v) is 5.18. The van der Waals surface area contributed by atoms with Gasteiger partial charge in [-0.2, -0.15) is 0 Å². The molecule has 92 valence electrons. The Balaban J connectivity index is 2.33. The molecule has 0 fully saturated rings. The maximum Gasteiger partial charge on any atom is 0.234 e. The van der Waals surface area contributed by atoms with Crippen molar-refractivity contribution in [1.82, 2.24) is 0 Å². The number of carbonyl (C=O) groups is 1. The predicted octanol–water partition coefficient (Wildman–Crippen LogP) is 2.77. The van der Waals surface area contributed by atoms with Gasteiger partial charge in [0.05, 0.1) is 17.3 Å². The molecule has 3 nitrogen and oxygen atoms in total. The molecule has 0 radical (unpaired) electrons. The van der Waals surface area contributed by atoms with E-state index in [9.17, 15) is 4.79 Å². The largest absolute Gasteiger partial charge is 0.397 e. The highest BCUT2D eigenvalue weighted by Crippen LogP contribution is 2.41. The second-order valence-electron chi connectivity index (χ2n) is 5.18. The number of anilines is 2. The smallest absolute Gasteiger partial charge is 0.234 e. The van der Waals surface area contributed by atoms with E-state index in [1.165, 1.54) is 0 Å². The number of benzene rings is 1. The van der Waals surface area contributed by atoms with Crippen molar-refractivity contribution in [1.29, 1.82) is 0 Å². The van der Waals surface area contributed by atoms with Crippen LogP contribution in [0.2, 0.25) is 0 Å². The third kappa shape index (κ3) is 2.02. The van der Waals surface area contributed by atoms with E-state index >= 15 is 0 Å². The minimum atomic E-state index is -0.0549. The number of rotatable bonds is 3. The van der Waals surface area contributed by atoms with Crippen LogP contribution in [0.1, 0.15) is 38.7 Å². The zero-order valence-electron chi connectivity index (χ0n) is 10.7. The van der Waals surface area contributed by atoms with Crippen molar-refractivity contribution in [2.75, 3.05) is 17.2 Å². The van der Waals surface area contributed by atoms with Gasteiger partial charge in [-0.05, 0) is 30.9 Å². The Morgan fingerprint density at radius 1 is 1.41 bits per heavy atom. The third-order valence-corrected chi connectivity index (χ3v) is 3.40. The molecule has 1 atom stereocenters. The number of nitrogens with two attached hydrogens (primary N) is 1.